The Morgan fingerprint density at radius 1 is 1.40 bits per heavy atom. The Bertz CT molecular complexity index is 504. The molecule has 0 radical (unpaired) electrons. The molecule has 1 aromatic rings. The third-order valence-corrected chi connectivity index (χ3v) is 4.87. The standard InChI is InChI=1S/C15H25N3OS/c1-12-4-6-17(7-5-12)13-8-14(19)18(16-9-13)10-15(2,3)11-20/h8-9,12,20H,4-7,10-11H2,1-3H3. The minimum atomic E-state index is -0.0258. The number of nitrogens with zero attached hydrogens (tertiary/aromatic N) is 3. The van der Waals surface area contributed by atoms with Gasteiger partial charge in [0.05, 0.1) is 18.4 Å². The van der Waals surface area contributed by atoms with Crippen LogP contribution in [0.2, 0.25) is 0 Å². The summed E-state index contributed by atoms with van der Waals surface area (Å²) in [6.07, 6.45) is 4.21. The predicted molar refractivity (Wildman–Crippen MR) is 86.7 cm³/mol. The van der Waals surface area contributed by atoms with Crippen molar-refractivity contribution in [2.45, 2.75) is 40.2 Å². The van der Waals surface area contributed by atoms with E-state index in [9.17, 15) is 4.79 Å². The fourth-order valence-electron chi connectivity index (χ4n) is 2.44. The van der Waals surface area contributed by atoms with Gasteiger partial charge in [-0.1, -0.05) is 20.8 Å². The van der Waals surface area contributed by atoms with Crippen LogP contribution in [0.3, 0.4) is 0 Å². The van der Waals surface area contributed by atoms with Crippen molar-refractivity contribution in [3.63, 3.8) is 0 Å². The highest BCUT2D eigenvalue weighted by atomic mass is 32.1. The van der Waals surface area contributed by atoms with Crippen LogP contribution in [0, 0.1) is 11.3 Å². The second-order valence-corrected chi connectivity index (χ2v) is 7.02. The Labute approximate surface area is 126 Å². The van der Waals surface area contributed by atoms with Crippen molar-refractivity contribution >= 4 is 18.3 Å². The first-order chi connectivity index (χ1) is 9.41. The fraction of sp³-hybridized carbons (Fsp3) is 0.733. The minimum Gasteiger partial charge on any atom is -0.370 e. The first-order valence-corrected chi connectivity index (χ1v) is 7.97. The summed E-state index contributed by atoms with van der Waals surface area (Å²) >= 11 is 4.33. The van der Waals surface area contributed by atoms with Crippen LogP contribution in [0.5, 0.6) is 0 Å². The first kappa shape index (κ1) is 15.4. The Morgan fingerprint density at radius 3 is 2.60 bits per heavy atom. The lowest BCUT2D eigenvalue weighted by molar-refractivity contribution is 0.324. The number of anilines is 1. The van der Waals surface area contributed by atoms with Crippen molar-refractivity contribution in [3.8, 4) is 0 Å². The van der Waals surface area contributed by atoms with Crippen LogP contribution in [0.25, 0.3) is 0 Å². The van der Waals surface area contributed by atoms with Gasteiger partial charge in [-0.15, -0.1) is 0 Å². The van der Waals surface area contributed by atoms with Crippen molar-refractivity contribution < 1.29 is 0 Å². The van der Waals surface area contributed by atoms with Crippen molar-refractivity contribution in [2.24, 2.45) is 11.3 Å². The van der Waals surface area contributed by atoms with Gasteiger partial charge in [-0.05, 0) is 29.9 Å². The molecule has 0 N–H and O–H groups in total. The Hall–Kier alpha value is -0.970. The second-order valence-electron chi connectivity index (χ2n) is 6.70. The molecular weight excluding hydrogens is 270 g/mol. The molecule has 2 rings (SSSR count). The van der Waals surface area contributed by atoms with Crippen molar-refractivity contribution in [1.29, 1.82) is 0 Å². The summed E-state index contributed by atoms with van der Waals surface area (Å²) in [5.74, 6) is 1.52. The number of aromatic nitrogens is 2. The zero-order chi connectivity index (χ0) is 14.8. The van der Waals surface area contributed by atoms with E-state index in [0.717, 1.165) is 30.4 Å². The lowest BCUT2D eigenvalue weighted by Crippen LogP contribution is -2.36. The predicted octanol–water partition coefficient (Wildman–Crippen LogP) is 2.44. The number of rotatable bonds is 4. The molecule has 0 bridgehead atoms. The van der Waals surface area contributed by atoms with Gasteiger partial charge in [-0.3, -0.25) is 4.79 Å². The third kappa shape index (κ3) is 3.78. The monoisotopic (exact) mass is 295 g/mol. The molecule has 112 valence electrons. The van der Waals surface area contributed by atoms with E-state index >= 15 is 0 Å². The maximum absolute atomic E-state index is 12.2. The maximum atomic E-state index is 12.2. The van der Waals surface area contributed by atoms with E-state index in [2.05, 4.69) is 43.4 Å². The molecule has 20 heavy (non-hydrogen) atoms. The van der Waals surface area contributed by atoms with Crippen molar-refractivity contribution in [3.05, 3.63) is 22.6 Å². The Balaban J connectivity index is 2.12. The van der Waals surface area contributed by atoms with Crippen molar-refractivity contribution in [2.75, 3.05) is 23.7 Å². The molecule has 1 saturated heterocycles. The quantitative estimate of drug-likeness (QED) is 0.867. The van der Waals surface area contributed by atoms with E-state index in [4.69, 9.17) is 0 Å². The van der Waals surface area contributed by atoms with Gasteiger partial charge in [0.25, 0.3) is 5.56 Å². The number of thiol groups is 1. The summed E-state index contributed by atoms with van der Waals surface area (Å²) in [7, 11) is 0. The van der Waals surface area contributed by atoms with Crippen molar-refractivity contribution in [1.82, 2.24) is 9.78 Å². The van der Waals surface area contributed by atoms with E-state index in [0.29, 0.717) is 6.54 Å². The van der Waals surface area contributed by atoms with Gasteiger partial charge in [-0.2, -0.15) is 17.7 Å². The maximum Gasteiger partial charge on any atom is 0.268 e. The molecule has 4 nitrogen and oxygen atoms in total. The summed E-state index contributed by atoms with van der Waals surface area (Å²) in [4.78, 5) is 14.5. The molecule has 2 heterocycles. The van der Waals surface area contributed by atoms with Gasteiger partial charge >= 0.3 is 0 Å². The lowest BCUT2D eigenvalue weighted by Gasteiger charge is -2.32. The van der Waals surface area contributed by atoms with Crippen LogP contribution >= 0.6 is 12.6 Å². The summed E-state index contributed by atoms with van der Waals surface area (Å²) < 4.78 is 1.55. The summed E-state index contributed by atoms with van der Waals surface area (Å²) in [5.41, 5.74) is 0.917. The normalized spacial score (nSPS) is 17.5. The molecule has 0 atom stereocenters. The van der Waals surface area contributed by atoms with E-state index in [1.807, 2.05) is 6.20 Å². The van der Waals surface area contributed by atoms with Gasteiger partial charge < -0.3 is 4.90 Å². The Morgan fingerprint density at radius 2 is 2.05 bits per heavy atom. The zero-order valence-corrected chi connectivity index (χ0v) is 13.6. The number of piperidine rings is 1. The molecule has 0 spiro atoms. The molecule has 0 saturated carbocycles. The van der Waals surface area contributed by atoms with Crippen LogP contribution in [-0.4, -0.2) is 28.6 Å². The van der Waals surface area contributed by atoms with Gasteiger partial charge in [0.1, 0.15) is 0 Å². The molecule has 0 unspecified atom stereocenters. The highest BCUT2D eigenvalue weighted by molar-refractivity contribution is 7.80. The zero-order valence-electron chi connectivity index (χ0n) is 12.7. The Kier molecular flexibility index (Phi) is 4.78. The van der Waals surface area contributed by atoms with Crippen LogP contribution < -0.4 is 10.5 Å². The van der Waals surface area contributed by atoms with E-state index < -0.39 is 0 Å². The lowest BCUT2D eigenvalue weighted by atomic mass is 9.96. The molecule has 1 aromatic heterocycles. The topological polar surface area (TPSA) is 38.1 Å². The van der Waals surface area contributed by atoms with Gasteiger partial charge in [-0.25, -0.2) is 4.68 Å². The summed E-state index contributed by atoms with van der Waals surface area (Å²) in [6.45, 7) is 9.12. The largest absolute Gasteiger partial charge is 0.370 e. The molecule has 1 aliphatic rings. The van der Waals surface area contributed by atoms with Gasteiger partial charge in [0.2, 0.25) is 0 Å². The average molecular weight is 295 g/mol. The highest BCUT2D eigenvalue weighted by Crippen LogP contribution is 2.22. The van der Waals surface area contributed by atoms with E-state index in [-0.39, 0.29) is 11.0 Å². The highest BCUT2D eigenvalue weighted by Gasteiger charge is 2.20. The van der Waals surface area contributed by atoms with Crippen LogP contribution in [0.4, 0.5) is 5.69 Å². The minimum absolute atomic E-state index is 0.0176. The molecular formula is C15H25N3OS. The fourth-order valence-corrected chi connectivity index (χ4v) is 2.54. The molecule has 1 fully saturated rings. The molecule has 1 aliphatic heterocycles. The van der Waals surface area contributed by atoms with Gasteiger partial charge in [0.15, 0.2) is 0 Å². The van der Waals surface area contributed by atoms with Crippen LogP contribution in [0.1, 0.15) is 33.6 Å². The summed E-state index contributed by atoms with van der Waals surface area (Å²) in [5, 5.41) is 4.33. The van der Waals surface area contributed by atoms with E-state index in [1.165, 1.54) is 12.8 Å². The first-order valence-electron chi connectivity index (χ1n) is 7.34. The molecule has 0 aliphatic carbocycles. The molecule has 0 aromatic carbocycles. The summed E-state index contributed by atoms with van der Waals surface area (Å²) in [6, 6.07) is 1.72. The smallest absolute Gasteiger partial charge is 0.268 e. The van der Waals surface area contributed by atoms with Crippen LogP contribution in [-0.2, 0) is 6.54 Å². The van der Waals surface area contributed by atoms with E-state index in [1.54, 1.807) is 10.7 Å². The SMILES string of the molecule is CC1CCN(c2cnn(CC(C)(C)CS)c(=O)c2)CC1. The number of hydrogen-bond acceptors (Lipinski definition) is 4. The molecule has 5 heteroatoms. The second kappa shape index (κ2) is 6.20. The van der Waals surface area contributed by atoms with Gasteiger partial charge in [0, 0.05) is 19.2 Å². The van der Waals surface area contributed by atoms with Crippen LogP contribution in [0.15, 0.2) is 17.1 Å². The number of hydrogen-bond donors (Lipinski definition) is 1. The molecule has 0 amide bonds. The average Bonchev–Trinajstić information content (AvgIpc) is 2.42. The third-order valence-electron chi connectivity index (χ3n) is 4.01.